The first-order valence-corrected chi connectivity index (χ1v) is 14.8. The normalized spacial score (nSPS) is 13.1. The number of nitrogens with one attached hydrogen (secondary N) is 2. The Bertz CT molecular complexity index is 1380. The van der Waals surface area contributed by atoms with Crippen molar-refractivity contribution in [2.45, 2.75) is 38.5 Å². The van der Waals surface area contributed by atoms with Gasteiger partial charge in [0.1, 0.15) is 11.6 Å². The molecule has 0 unspecified atom stereocenters. The molecule has 11 heteroatoms. The minimum atomic E-state index is -3.72. The highest BCUT2D eigenvalue weighted by Gasteiger charge is 2.24. The lowest BCUT2D eigenvalue weighted by Crippen LogP contribution is -2.48. The fourth-order valence-electron chi connectivity index (χ4n) is 4.36. The van der Waals surface area contributed by atoms with E-state index in [1.807, 2.05) is 18.2 Å². The molecule has 216 valence electrons. The summed E-state index contributed by atoms with van der Waals surface area (Å²) in [7, 11) is -3.72. The molecule has 0 radical (unpaired) electrons. The van der Waals surface area contributed by atoms with Crippen LogP contribution in [0.15, 0.2) is 66.7 Å². The lowest BCUT2D eigenvalue weighted by molar-refractivity contribution is 0.0830. The van der Waals surface area contributed by atoms with Gasteiger partial charge in [0, 0.05) is 24.7 Å². The fraction of sp³-hybridized carbons (Fsp3) is 0.345. The molecule has 3 aromatic rings. The average Bonchev–Trinajstić information content (AvgIpc) is 2.90. The quantitative estimate of drug-likeness (QED) is 0.235. The molecular formula is C29H35F2N3O5S. The number of benzene rings is 3. The maximum Gasteiger partial charge on any atom is 0.251 e. The van der Waals surface area contributed by atoms with Crippen LogP contribution in [0.4, 0.5) is 14.5 Å². The van der Waals surface area contributed by atoms with Crippen molar-refractivity contribution < 1.29 is 32.2 Å². The predicted octanol–water partition coefficient (Wildman–Crippen LogP) is 2.78. The van der Waals surface area contributed by atoms with E-state index in [1.54, 1.807) is 0 Å². The molecule has 0 spiro atoms. The van der Waals surface area contributed by atoms with Gasteiger partial charge in [-0.1, -0.05) is 37.3 Å². The molecule has 0 aliphatic heterocycles. The number of aliphatic hydroxyl groups is 2. The fourth-order valence-corrected chi connectivity index (χ4v) is 5.27. The molecule has 4 N–H and O–H groups in total. The number of hydrogen-bond acceptors (Lipinski definition) is 6. The molecule has 2 atom stereocenters. The number of halogens is 2. The van der Waals surface area contributed by atoms with E-state index in [4.69, 9.17) is 0 Å². The zero-order valence-corrected chi connectivity index (χ0v) is 23.3. The van der Waals surface area contributed by atoms with Crippen LogP contribution in [0.1, 0.15) is 34.0 Å². The Morgan fingerprint density at radius 2 is 1.65 bits per heavy atom. The number of carbonyl (C=O) groups excluding carboxylic acids is 1. The van der Waals surface area contributed by atoms with Crippen LogP contribution < -0.4 is 14.9 Å². The summed E-state index contributed by atoms with van der Waals surface area (Å²) in [6.07, 6.45) is 0.687. The number of anilines is 1. The lowest BCUT2D eigenvalue weighted by atomic mass is 10.00. The van der Waals surface area contributed by atoms with Gasteiger partial charge >= 0.3 is 0 Å². The maximum atomic E-state index is 13.9. The first kappa shape index (κ1) is 31.2. The number of aryl methyl sites for hydroxylation is 1. The maximum absolute atomic E-state index is 13.9. The summed E-state index contributed by atoms with van der Waals surface area (Å²) in [6, 6.07) is 15.9. The van der Waals surface area contributed by atoms with Gasteiger partial charge in [0.15, 0.2) is 0 Å². The Kier molecular flexibility index (Phi) is 11.1. The first-order chi connectivity index (χ1) is 19.0. The highest BCUT2D eigenvalue weighted by molar-refractivity contribution is 7.92. The van der Waals surface area contributed by atoms with Crippen LogP contribution in [-0.4, -0.2) is 62.6 Å². The highest BCUT2D eigenvalue weighted by atomic mass is 32.2. The van der Waals surface area contributed by atoms with Crippen LogP contribution in [0.5, 0.6) is 0 Å². The summed E-state index contributed by atoms with van der Waals surface area (Å²) in [5, 5.41) is 26.2. The van der Waals surface area contributed by atoms with Gasteiger partial charge in [0.05, 0.1) is 37.2 Å². The van der Waals surface area contributed by atoms with Crippen LogP contribution in [0.3, 0.4) is 0 Å². The van der Waals surface area contributed by atoms with Crippen molar-refractivity contribution in [2.75, 3.05) is 30.3 Å². The van der Waals surface area contributed by atoms with E-state index in [9.17, 15) is 32.2 Å². The Hall–Kier alpha value is -3.38. The second kappa shape index (κ2) is 14.3. The van der Waals surface area contributed by atoms with E-state index < -0.39 is 46.3 Å². The number of nitrogens with zero attached hydrogens (tertiary/aromatic N) is 1. The molecule has 3 aromatic carbocycles. The molecule has 0 fully saturated rings. The van der Waals surface area contributed by atoms with Crippen LogP contribution in [0, 0.1) is 11.6 Å². The first-order valence-electron chi connectivity index (χ1n) is 12.9. The minimum absolute atomic E-state index is 0.0613. The van der Waals surface area contributed by atoms with Crippen molar-refractivity contribution in [2.24, 2.45) is 0 Å². The Morgan fingerprint density at radius 3 is 2.30 bits per heavy atom. The molecule has 0 aliphatic rings. The summed E-state index contributed by atoms with van der Waals surface area (Å²) in [6.45, 7) is 1.99. The van der Waals surface area contributed by atoms with Crippen LogP contribution >= 0.6 is 0 Å². The highest BCUT2D eigenvalue weighted by Crippen LogP contribution is 2.20. The van der Waals surface area contributed by atoms with Crippen molar-refractivity contribution in [3.63, 3.8) is 0 Å². The number of carbonyl (C=O) groups is 1. The second-order valence-electron chi connectivity index (χ2n) is 9.54. The molecule has 0 aliphatic carbocycles. The molecule has 3 rings (SSSR count). The van der Waals surface area contributed by atoms with Gasteiger partial charge in [0.25, 0.3) is 5.91 Å². The monoisotopic (exact) mass is 575 g/mol. The van der Waals surface area contributed by atoms with Gasteiger partial charge in [-0.25, -0.2) is 17.2 Å². The zero-order chi connectivity index (χ0) is 29.3. The molecule has 0 aromatic heterocycles. The number of hydrogen-bond donors (Lipinski definition) is 4. The minimum Gasteiger partial charge on any atom is -0.394 e. The van der Waals surface area contributed by atoms with E-state index in [1.165, 1.54) is 29.8 Å². The number of sulfonamides is 1. The van der Waals surface area contributed by atoms with Crippen molar-refractivity contribution in [3.05, 3.63) is 101 Å². The summed E-state index contributed by atoms with van der Waals surface area (Å²) in [4.78, 5) is 13.2. The third kappa shape index (κ3) is 9.09. The SMILES string of the molecule is CCc1cccc(CNC[C@@H](O)[C@H](Cc2cc(F)cc(F)c2)NC(=O)c2cccc(N(CCO)S(C)(=O)=O)c2)c1. The van der Waals surface area contributed by atoms with Crippen LogP contribution in [0.25, 0.3) is 0 Å². The summed E-state index contributed by atoms with van der Waals surface area (Å²) >= 11 is 0. The third-order valence-corrected chi connectivity index (χ3v) is 7.53. The van der Waals surface area contributed by atoms with E-state index in [2.05, 4.69) is 23.6 Å². The second-order valence-corrected chi connectivity index (χ2v) is 11.4. The molecule has 1 amide bonds. The van der Waals surface area contributed by atoms with Crippen molar-refractivity contribution in [1.82, 2.24) is 10.6 Å². The van der Waals surface area contributed by atoms with Crippen LogP contribution in [0.2, 0.25) is 0 Å². The van der Waals surface area contributed by atoms with Crippen LogP contribution in [-0.2, 0) is 29.4 Å². The topological polar surface area (TPSA) is 119 Å². The predicted molar refractivity (Wildman–Crippen MR) is 151 cm³/mol. The number of rotatable bonds is 14. The van der Waals surface area contributed by atoms with Gasteiger partial charge in [-0.2, -0.15) is 0 Å². The molecular weight excluding hydrogens is 540 g/mol. The van der Waals surface area contributed by atoms with E-state index in [0.717, 1.165) is 40.7 Å². The third-order valence-electron chi connectivity index (χ3n) is 6.34. The number of amides is 1. The lowest BCUT2D eigenvalue weighted by Gasteiger charge is -2.26. The largest absolute Gasteiger partial charge is 0.394 e. The van der Waals surface area contributed by atoms with E-state index in [0.29, 0.717) is 6.54 Å². The smallest absolute Gasteiger partial charge is 0.251 e. The van der Waals surface area contributed by atoms with E-state index in [-0.39, 0.29) is 36.3 Å². The van der Waals surface area contributed by atoms with Crippen molar-refractivity contribution >= 4 is 21.6 Å². The van der Waals surface area contributed by atoms with Crippen molar-refractivity contribution in [3.8, 4) is 0 Å². The molecule has 0 saturated carbocycles. The standard InChI is InChI=1S/C29H35F2N3O5S/c1-3-20-6-4-7-21(12-20)18-32-19-28(36)27(15-22-13-24(30)17-25(31)14-22)33-29(37)23-8-5-9-26(16-23)34(10-11-35)40(2,38)39/h4-9,12-14,16-17,27-28,32,35-36H,3,10-11,15,18-19H2,1-2H3,(H,33,37)/t27-,28+/m0/s1. The molecule has 0 bridgehead atoms. The van der Waals surface area contributed by atoms with Crippen molar-refractivity contribution in [1.29, 1.82) is 0 Å². The van der Waals surface area contributed by atoms with Gasteiger partial charge in [-0.3, -0.25) is 9.10 Å². The zero-order valence-electron chi connectivity index (χ0n) is 22.5. The molecule has 0 saturated heterocycles. The van der Waals surface area contributed by atoms with Gasteiger partial charge < -0.3 is 20.8 Å². The Balaban J connectivity index is 1.79. The van der Waals surface area contributed by atoms with Gasteiger partial charge in [-0.05, 0) is 59.9 Å². The number of aliphatic hydroxyl groups excluding tert-OH is 2. The Morgan fingerprint density at radius 1 is 0.975 bits per heavy atom. The average molecular weight is 576 g/mol. The van der Waals surface area contributed by atoms with Gasteiger partial charge in [-0.15, -0.1) is 0 Å². The van der Waals surface area contributed by atoms with Gasteiger partial charge in [0.2, 0.25) is 10.0 Å². The molecule has 0 heterocycles. The summed E-state index contributed by atoms with van der Waals surface area (Å²) in [5.74, 6) is -2.17. The summed E-state index contributed by atoms with van der Waals surface area (Å²) in [5.41, 5.74) is 2.74. The molecule has 8 nitrogen and oxygen atoms in total. The molecule has 40 heavy (non-hydrogen) atoms. The summed E-state index contributed by atoms with van der Waals surface area (Å²) < 4.78 is 53.1. The Labute approximate surface area is 233 Å². The van der Waals surface area contributed by atoms with E-state index >= 15 is 0 Å².